The van der Waals surface area contributed by atoms with E-state index < -0.39 is 0 Å². The van der Waals surface area contributed by atoms with Gasteiger partial charge >= 0.3 is 0 Å². The fourth-order valence-electron chi connectivity index (χ4n) is 4.25. The van der Waals surface area contributed by atoms with E-state index >= 15 is 0 Å². The summed E-state index contributed by atoms with van der Waals surface area (Å²) in [7, 11) is 0. The van der Waals surface area contributed by atoms with Crippen LogP contribution in [0.3, 0.4) is 0 Å². The van der Waals surface area contributed by atoms with Crippen LogP contribution in [0.25, 0.3) is 0 Å². The fraction of sp³-hybridized carbons (Fsp3) is 0.500. The second kappa shape index (κ2) is 8.51. The monoisotopic (exact) mass is 364 g/mol. The van der Waals surface area contributed by atoms with E-state index in [4.69, 9.17) is 0 Å². The number of carbonyl (C=O) groups excluding carboxylic acids is 1. The number of aromatic nitrogens is 2. The van der Waals surface area contributed by atoms with Crippen molar-refractivity contribution < 1.29 is 4.79 Å². The largest absolute Gasteiger partial charge is 0.366 e. The molecule has 27 heavy (non-hydrogen) atoms. The summed E-state index contributed by atoms with van der Waals surface area (Å²) in [6.07, 6.45) is 8.15. The van der Waals surface area contributed by atoms with Crippen molar-refractivity contribution in [3.05, 3.63) is 53.7 Å². The van der Waals surface area contributed by atoms with E-state index in [2.05, 4.69) is 45.8 Å². The Hall–Kier alpha value is -2.43. The maximum Gasteiger partial charge on any atom is 0.274 e. The van der Waals surface area contributed by atoms with E-state index in [1.54, 1.807) is 0 Å². The zero-order valence-corrected chi connectivity index (χ0v) is 15.8. The maximum atomic E-state index is 12.7. The summed E-state index contributed by atoms with van der Waals surface area (Å²) in [5, 5.41) is 11.8. The van der Waals surface area contributed by atoms with Gasteiger partial charge in [-0.15, -0.1) is 10.2 Å². The molecule has 1 aliphatic carbocycles. The van der Waals surface area contributed by atoms with Gasteiger partial charge in [0.1, 0.15) is 5.82 Å². The molecule has 0 atom stereocenters. The van der Waals surface area contributed by atoms with Gasteiger partial charge in [-0.1, -0.05) is 43.2 Å². The van der Waals surface area contributed by atoms with E-state index in [0.29, 0.717) is 17.7 Å². The third-order valence-electron chi connectivity index (χ3n) is 5.86. The third kappa shape index (κ3) is 4.65. The molecule has 2 heterocycles. The zero-order valence-electron chi connectivity index (χ0n) is 15.8. The normalized spacial score (nSPS) is 18.6. The number of rotatable bonds is 5. The summed E-state index contributed by atoms with van der Waals surface area (Å²) in [4.78, 5) is 14.6. The summed E-state index contributed by atoms with van der Waals surface area (Å²) in [6.45, 7) is 1.61. The zero-order chi connectivity index (χ0) is 18.5. The molecule has 0 spiro atoms. The van der Waals surface area contributed by atoms with E-state index in [1.165, 1.54) is 31.2 Å². The lowest BCUT2D eigenvalue weighted by molar-refractivity contribution is 0.0683. The van der Waals surface area contributed by atoms with Crippen LogP contribution in [0.1, 0.15) is 54.6 Å². The van der Waals surface area contributed by atoms with E-state index in [0.717, 1.165) is 38.2 Å². The van der Waals surface area contributed by atoms with Gasteiger partial charge in [-0.05, 0) is 55.7 Å². The van der Waals surface area contributed by atoms with E-state index in [9.17, 15) is 4.79 Å². The second-order valence-electron chi connectivity index (χ2n) is 7.85. The molecule has 0 unspecified atom stereocenters. The highest BCUT2D eigenvalue weighted by Crippen LogP contribution is 2.23. The molecule has 1 aromatic heterocycles. The van der Waals surface area contributed by atoms with Crippen molar-refractivity contribution in [2.24, 2.45) is 5.92 Å². The molecule has 142 valence electrons. The maximum absolute atomic E-state index is 12.7. The number of nitrogens with one attached hydrogen (secondary N) is 1. The Morgan fingerprint density at radius 3 is 2.37 bits per heavy atom. The number of amides is 1. The average Bonchev–Trinajstić information content (AvgIpc) is 3.22. The molecule has 1 aliphatic heterocycles. The summed E-state index contributed by atoms with van der Waals surface area (Å²) < 4.78 is 0. The van der Waals surface area contributed by atoms with Gasteiger partial charge in [-0.25, -0.2) is 0 Å². The summed E-state index contributed by atoms with van der Waals surface area (Å²) in [6, 6.07) is 14.8. The van der Waals surface area contributed by atoms with Gasteiger partial charge in [0, 0.05) is 19.1 Å². The topological polar surface area (TPSA) is 58.1 Å². The summed E-state index contributed by atoms with van der Waals surface area (Å²) >= 11 is 0. The molecule has 1 amide bonds. The van der Waals surface area contributed by atoms with Crippen LogP contribution < -0.4 is 5.32 Å². The first-order valence-electron chi connectivity index (χ1n) is 10.2. The highest BCUT2D eigenvalue weighted by molar-refractivity contribution is 5.92. The molecule has 1 aromatic carbocycles. The van der Waals surface area contributed by atoms with Crippen LogP contribution in [0.5, 0.6) is 0 Å². The highest BCUT2D eigenvalue weighted by Gasteiger charge is 2.25. The van der Waals surface area contributed by atoms with Gasteiger partial charge in [0.15, 0.2) is 5.69 Å². The van der Waals surface area contributed by atoms with Gasteiger partial charge in [0.2, 0.25) is 0 Å². The number of piperidine rings is 1. The van der Waals surface area contributed by atoms with E-state index in [1.807, 2.05) is 17.0 Å². The smallest absolute Gasteiger partial charge is 0.274 e. The molecule has 5 nitrogen and oxygen atoms in total. The van der Waals surface area contributed by atoms with Gasteiger partial charge in [0.05, 0.1) is 0 Å². The molecule has 1 saturated heterocycles. The van der Waals surface area contributed by atoms with Crippen molar-refractivity contribution in [3.8, 4) is 0 Å². The van der Waals surface area contributed by atoms with Crippen LogP contribution in [0.15, 0.2) is 42.5 Å². The Balaban J connectivity index is 1.28. The van der Waals surface area contributed by atoms with Crippen molar-refractivity contribution in [2.75, 3.05) is 18.4 Å². The van der Waals surface area contributed by atoms with Crippen molar-refractivity contribution in [2.45, 2.75) is 51.0 Å². The summed E-state index contributed by atoms with van der Waals surface area (Å²) in [5.41, 5.74) is 1.84. The van der Waals surface area contributed by atoms with Crippen LogP contribution in [0, 0.1) is 5.92 Å². The van der Waals surface area contributed by atoms with Crippen molar-refractivity contribution in [1.82, 2.24) is 15.1 Å². The van der Waals surface area contributed by atoms with Crippen LogP contribution in [-0.2, 0) is 6.42 Å². The number of likely N-dealkylation sites (tertiary alicyclic amines) is 1. The first-order valence-corrected chi connectivity index (χ1v) is 10.2. The molecule has 5 heteroatoms. The second-order valence-corrected chi connectivity index (χ2v) is 7.85. The highest BCUT2D eigenvalue weighted by atomic mass is 16.2. The lowest BCUT2D eigenvalue weighted by atomic mass is 9.90. The van der Waals surface area contributed by atoms with Gasteiger partial charge < -0.3 is 10.2 Å². The lowest BCUT2D eigenvalue weighted by Gasteiger charge is -2.31. The number of hydrogen-bond donors (Lipinski definition) is 1. The fourth-order valence-corrected chi connectivity index (χ4v) is 4.25. The molecule has 1 saturated carbocycles. The molecule has 4 rings (SSSR count). The SMILES string of the molecule is O=C(c1ccc(NC2CCCC2)nn1)N1CCC(Cc2ccccc2)CC1. The minimum atomic E-state index is 0.00748. The lowest BCUT2D eigenvalue weighted by Crippen LogP contribution is -2.39. The first-order chi connectivity index (χ1) is 13.3. The number of benzene rings is 1. The average molecular weight is 364 g/mol. The minimum Gasteiger partial charge on any atom is -0.366 e. The third-order valence-corrected chi connectivity index (χ3v) is 5.86. The molecule has 0 bridgehead atoms. The van der Waals surface area contributed by atoms with Crippen LogP contribution in [0.4, 0.5) is 5.82 Å². The van der Waals surface area contributed by atoms with Crippen LogP contribution in [-0.4, -0.2) is 40.1 Å². The van der Waals surface area contributed by atoms with Crippen LogP contribution >= 0.6 is 0 Å². The number of carbonyl (C=O) groups is 1. The predicted molar refractivity (Wildman–Crippen MR) is 107 cm³/mol. The van der Waals surface area contributed by atoms with Crippen LogP contribution in [0.2, 0.25) is 0 Å². The van der Waals surface area contributed by atoms with Gasteiger partial charge in [0.25, 0.3) is 5.91 Å². The van der Waals surface area contributed by atoms with Gasteiger partial charge in [-0.3, -0.25) is 4.79 Å². The Kier molecular flexibility index (Phi) is 5.66. The first kappa shape index (κ1) is 18.0. The molecule has 0 radical (unpaired) electrons. The van der Waals surface area contributed by atoms with Gasteiger partial charge in [-0.2, -0.15) is 0 Å². The quantitative estimate of drug-likeness (QED) is 0.873. The number of nitrogens with zero attached hydrogens (tertiary/aromatic N) is 3. The Labute approximate surface area is 161 Å². The molecule has 2 fully saturated rings. The predicted octanol–water partition coefficient (Wildman–Crippen LogP) is 3.93. The molecule has 1 N–H and O–H groups in total. The minimum absolute atomic E-state index is 0.00748. The Bertz CT molecular complexity index is 733. The van der Waals surface area contributed by atoms with Crippen molar-refractivity contribution in [3.63, 3.8) is 0 Å². The number of anilines is 1. The number of hydrogen-bond acceptors (Lipinski definition) is 4. The molecule has 2 aromatic rings. The Morgan fingerprint density at radius 2 is 1.70 bits per heavy atom. The molecule has 2 aliphatic rings. The standard InChI is InChI=1S/C22H28N4O/c27-22(20-10-11-21(25-24-20)23-19-8-4-5-9-19)26-14-12-18(13-15-26)16-17-6-2-1-3-7-17/h1-3,6-7,10-11,18-19H,4-5,8-9,12-16H2,(H,23,25). The van der Waals surface area contributed by atoms with Crippen molar-refractivity contribution >= 4 is 11.7 Å². The molecular formula is C22H28N4O. The van der Waals surface area contributed by atoms with E-state index in [-0.39, 0.29) is 5.91 Å². The molecular weight excluding hydrogens is 336 g/mol. The summed E-state index contributed by atoms with van der Waals surface area (Å²) in [5.74, 6) is 1.44. The Morgan fingerprint density at radius 1 is 0.963 bits per heavy atom. The van der Waals surface area contributed by atoms with Crippen molar-refractivity contribution in [1.29, 1.82) is 0 Å².